The molecule has 68 valence electrons. The summed E-state index contributed by atoms with van der Waals surface area (Å²) in [5.41, 5.74) is 0. The number of piperidine rings is 1. The number of nitrogens with zero attached hydrogens (tertiary/aromatic N) is 1. The van der Waals surface area contributed by atoms with Gasteiger partial charge in [-0.1, -0.05) is 12.2 Å². The average Bonchev–Trinajstić information content (AvgIpc) is 2.05. The highest BCUT2D eigenvalue weighted by Crippen LogP contribution is 2.08. The van der Waals surface area contributed by atoms with Gasteiger partial charge in [0.25, 0.3) is 0 Å². The lowest BCUT2D eigenvalue weighted by atomic mass is 10.1. The summed E-state index contributed by atoms with van der Waals surface area (Å²) in [5.74, 6) is 0. The molecule has 3 nitrogen and oxygen atoms in total. The van der Waals surface area contributed by atoms with E-state index >= 15 is 0 Å². The van der Waals surface area contributed by atoms with E-state index in [-0.39, 0.29) is 6.03 Å². The zero-order valence-electron chi connectivity index (χ0n) is 7.30. The van der Waals surface area contributed by atoms with Crippen LogP contribution in [0.2, 0.25) is 0 Å². The molecule has 0 saturated carbocycles. The second-order valence-electron chi connectivity index (χ2n) is 3.03. The van der Waals surface area contributed by atoms with Crippen LogP contribution >= 0.6 is 12.2 Å². The van der Waals surface area contributed by atoms with Gasteiger partial charge in [0.15, 0.2) is 0 Å². The summed E-state index contributed by atoms with van der Waals surface area (Å²) in [4.78, 5) is 13.7. The molecular formula is C8H14N2OS. The molecule has 0 unspecified atom stereocenters. The number of carbonyl (C=O) groups is 1. The third-order valence-corrected chi connectivity index (χ3v) is 2.03. The molecule has 1 aliphatic heterocycles. The SMILES string of the molecule is CC(=S)NC(=O)N1CCCCC1. The van der Waals surface area contributed by atoms with Crippen molar-refractivity contribution in [2.75, 3.05) is 13.1 Å². The largest absolute Gasteiger partial charge is 0.325 e. The van der Waals surface area contributed by atoms with E-state index in [1.807, 2.05) is 4.90 Å². The van der Waals surface area contributed by atoms with Gasteiger partial charge in [0.1, 0.15) is 0 Å². The zero-order valence-corrected chi connectivity index (χ0v) is 8.12. The predicted octanol–water partition coefficient (Wildman–Crippen LogP) is 1.53. The van der Waals surface area contributed by atoms with Gasteiger partial charge in [-0.2, -0.15) is 0 Å². The Bertz CT molecular complexity index is 187. The molecule has 0 aromatic carbocycles. The highest BCUT2D eigenvalue weighted by molar-refractivity contribution is 7.80. The van der Waals surface area contributed by atoms with Crippen molar-refractivity contribution in [3.8, 4) is 0 Å². The van der Waals surface area contributed by atoms with Gasteiger partial charge >= 0.3 is 6.03 Å². The van der Waals surface area contributed by atoms with Crippen LogP contribution in [0.1, 0.15) is 26.2 Å². The summed E-state index contributed by atoms with van der Waals surface area (Å²) in [6, 6.07) is -0.0396. The summed E-state index contributed by atoms with van der Waals surface area (Å²) in [5, 5.41) is 2.63. The Kier molecular flexibility index (Phi) is 3.47. The predicted molar refractivity (Wildman–Crippen MR) is 52.2 cm³/mol. The Hall–Kier alpha value is -0.640. The number of hydrogen-bond acceptors (Lipinski definition) is 2. The van der Waals surface area contributed by atoms with Crippen molar-refractivity contribution in [1.82, 2.24) is 10.2 Å². The molecule has 12 heavy (non-hydrogen) atoms. The molecule has 0 aromatic heterocycles. The van der Waals surface area contributed by atoms with Crippen molar-refractivity contribution in [1.29, 1.82) is 0 Å². The van der Waals surface area contributed by atoms with Gasteiger partial charge in [-0.3, -0.25) is 0 Å². The highest BCUT2D eigenvalue weighted by Gasteiger charge is 2.15. The number of nitrogens with one attached hydrogen (secondary N) is 1. The van der Waals surface area contributed by atoms with Crippen LogP contribution < -0.4 is 5.32 Å². The summed E-state index contributed by atoms with van der Waals surface area (Å²) in [7, 11) is 0. The first-order valence-electron chi connectivity index (χ1n) is 4.26. The fourth-order valence-electron chi connectivity index (χ4n) is 1.33. The number of rotatable bonds is 0. The second kappa shape index (κ2) is 4.40. The molecule has 1 fully saturated rings. The van der Waals surface area contributed by atoms with E-state index in [4.69, 9.17) is 12.2 Å². The number of thiocarbonyl (C=S) groups is 1. The summed E-state index contributed by atoms with van der Waals surface area (Å²) in [6.45, 7) is 3.46. The smallest absolute Gasteiger partial charge is 0.322 e. The molecule has 0 aromatic rings. The first-order chi connectivity index (χ1) is 5.70. The first kappa shape index (κ1) is 9.45. The quantitative estimate of drug-likeness (QED) is 0.582. The third-order valence-electron chi connectivity index (χ3n) is 1.93. The molecule has 1 saturated heterocycles. The van der Waals surface area contributed by atoms with Gasteiger partial charge in [0.05, 0.1) is 4.99 Å². The zero-order chi connectivity index (χ0) is 8.97. The Morgan fingerprint density at radius 1 is 1.33 bits per heavy atom. The molecule has 0 atom stereocenters. The van der Waals surface area contributed by atoms with Crippen molar-refractivity contribution < 1.29 is 4.79 Å². The maximum absolute atomic E-state index is 11.3. The van der Waals surface area contributed by atoms with Crippen molar-refractivity contribution in [2.24, 2.45) is 0 Å². The summed E-state index contributed by atoms with van der Waals surface area (Å²) >= 11 is 4.78. The normalized spacial score (nSPS) is 17.2. The summed E-state index contributed by atoms with van der Waals surface area (Å²) in [6.07, 6.45) is 3.47. The van der Waals surface area contributed by atoms with E-state index in [0.717, 1.165) is 25.9 Å². The lowest BCUT2D eigenvalue weighted by Crippen LogP contribution is -2.43. The van der Waals surface area contributed by atoms with Crippen molar-refractivity contribution in [3.63, 3.8) is 0 Å². The monoisotopic (exact) mass is 186 g/mol. The van der Waals surface area contributed by atoms with Gasteiger partial charge in [0.2, 0.25) is 0 Å². The minimum Gasteiger partial charge on any atom is -0.325 e. The fourth-order valence-corrected chi connectivity index (χ4v) is 1.41. The van der Waals surface area contributed by atoms with Gasteiger partial charge in [-0.25, -0.2) is 4.79 Å². The van der Waals surface area contributed by atoms with E-state index < -0.39 is 0 Å². The topological polar surface area (TPSA) is 32.3 Å². The summed E-state index contributed by atoms with van der Waals surface area (Å²) < 4.78 is 0. The van der Waals surface area contributed by atoms with Crippen LogP contribution in [0.5, 0.6) is 0 Å². The number of hydrogen-bond donors (Lipinski definition) is 1. The Morgan fingerprint density at radius 2 is 1.92 bits per heavy atom. The highest BCUT2D eigenvalue weighted by atomic mass is 32.1. The van der Waals surface area contributed by atoms with Gasteiger partial charge in [0, 0.05) is 13.1 Å². The molecule has 0 aliphatic carbocycles. The molecule has 1 heterocycles. The van der Waals surface area contributed by atoms with Crippen LogP contribution in [0.15, 0.2) is 0 Å². The van der Waals surface area contributed by atoms with Crippen molar-refractivity contribution in [3.05, 3.63) is 0 Å². The molecular weight excluding hydrogens is 172 g/mol. The molecule has 2 amide bonds. The number of urea groups is 1. The van der Waals surface area contributed by atoms with E-state index in [0.29, 0.717) is 4.99 Å². The van der Waals surface area contributed by atoms with Crippen molar-refractivity contribution >= 4 is 23.2 Å². The lowest BCUT2D eigenvalue weighted by molar-refractivity contribution is 0.191. The molecule has 4 heteroatoms. The van der Waals surface area contributed by atoms with Gasteiger partial charge in [-0.05, 0) is 26.2 Å². The van der Waals surface area contributed by atoms with Crippen molar-refractivity contribution in [2.45, 2.75) is 26.2 Å². The van der Waals surface area contributed by atoms with Crippen LogP contribution in [0.25, 0.3) is 0 Å². The molecule has 0 bridgehead atoms. The maximum atomic E-state index is 11.3. The second-order valence-corrected chi connectivity index (χ2v) is 3.65. The van der Waals surface area contributed by atoms with Gasteiger partial charge < -0.3 is 10.2 Å². The van der Waals surface area contributed by atoms with E-state index in [9.17, 15) is 4.79 Å². The number of likely N-dealkylation sites (tertiary alicyclic amines) is 1. The number of amides is 2. The van der Waals surface area contributed by atoms with Crippen LogP contribution in [0.4, 0.5) is 4.79 Å². The lowest BCUT2D eigenvalue weighted by Gasteiger charge is -2.26. The Balaban J connectivity index is 2.34. The van der Waals surface area contributed by atoms with E-state index in [2.05, 4.69) is 5.32 Å². The number of carbonyl (C=O) groups excluding carboxylic acids is 1. The average molecular weight is 186 g/mol. The Morgan fingerprint density at radius 3 is 2.42 bits per heavy atom. The molecule has 1 aliphatic rings. The van der Waals surface area contributed by atoms with Crippen LogP contribution in [0, 0.1) is 0 Å². The van der Waals surface area contributed by atoms with Crippen LogP contribution in [-0.4, -0.2) is 29.0 Å². The molecule has 1 N–H and O–H groups in total. The van der Waals surface area contributed by atoms with Crippen LogP contribution in [0.3, 0.4) is 0 Å². The Labute approximate surface area is 78.1 Å². The minimum atomic E-state index is -0.0396. The molecule has 0 radical (unpaired) electrons. The fraction of sp³-hybridized carbons (Fsp3) is 0.750. The minimum absolute atomic E-state index is 0.0396. The van der Waals surface area contributed by atoms with E-state index in [1.54, 1.807) is 6.92 Å². The molecule has 1 rings (SSSR count). The maximum Gasteiger partial charge on any atom is 0.322 e. The van der Waals surface area contributed by atoms with E-state index in [1.165, 1.54) is 6.42 Å². The van der Waals surface area contributed by atoms with Crippen LogP contribution in [-0.2, 0) is 0 Å². The van der Waals surface area contributed by atoms with Gasteiger partial charge in [-0.15, -0.1) is 0 Å². The first-order valence-corrected chi connectivity index (χ1v) is 4.67. The molecule has 0 spiro atoms. The third kappa shape index (κ3) is 2.77. The standard InChI is InChI=1S/C8H14N2OS/c1-7(12)9-8(11)10-5-3-2-4-6-10/h2-6H2,1H3,(H,9,11,12).